The molecule has 0 bridgehead atoms. The van der Waals surface area contributed by atoms with Gasteiger partial charge in [0.25, 0.3) is 0 Å². The minimum absolute atomic E-state index is 0.142. The van der Waals surface area contributed by atoms with Crippen LogP contribution < -0.4 is 10.6 Å². The number of nitrogens with one attached hydrogen (secondary N) is 2. The molecule has 2 amide bonds. The van der Waals surface area contributed by atoms with E-state index >= 15 is 0 Å². The molecule has 0 unspecified atom stereocenters. The van der Waals surface area contributed by atoms with Gasteiger partial charge in [0.2, 0.25) is 0 Å². The van der Waals surface area contributed by atoms with Gasteiger partial charge in [0.05, 0.1) is 5.60 Å². The molecule has 0 radical (unpaired) electrons. The average Bonchev–Trinajstić information content (AvgIpc) is 2.93. The standard InChI is InChI=1S/C14H20N2O2S/c1-18-14(7-8-19-11-14)10-16-13(17)15-9-12-5-3-2-4-6-12/h2-6H,7-11H2,1H3,(H2,15,16,17)/t14-/m0/s1. The van der Waals surface area contributed by atoms with Crippen molar-refractivity contribution in [2.24, 2.45) is 0 Å². The zero-order chi connectivity index (χ0) is 13.6. The summed E-state index contributed by atoms with van der Waals surface area (Å²) >= 11 is 1.87. The highest BCUT2D eigenvalue weighted by Gasteiger charge is 2.34. The van der Waals surface area contributed by atoms with Crippen LogP contribution in [0.15, 0.2) is 30.3 Å². The molecule has 2 N–H and O–H groups in total. The molecule has 104 valence electrons. The highest BCUT2D eigenvalue weighted by Crippen LogP contribution is 2.30. The van der Waals surface area contributed by atoms with Crippen molar-refractivity contribution >= 4 is 17.8 Å². The van der Waals surface area contributed by atoms with Gasteiger partial charge in [-0.05, 0) is 17.7 Å². The first-order valence-electron chi connectivity index (χ1n) is 6.43. The second-order valence-corrected chi connectivity index (χ2v) is 5.82. The topological polar surface area (TPSA) is 50.4 Å². The van der Waals surface area contributed by atoms with Crippen molar-refractivity contribution in [1.29, 1.82) is 0 Å². The maximum Gasteiger partial charge on any atom is 0.315 e. The van der Waals surface area contributed by atoms with E-state index in [1.165, 1.54) is 0 Å². The van der Waals surface area contributed by atoms with E-state index in [0.29, 0.717) is 13.1 Å². The smallest absolute Gasteiger partial charge is 0.315 e. The van der Waals surface area contributed by atoms with Gasteiger partial charge in [0.15, 0.2) is 0 Å². The molecule has 0 aliphatic carbocycles. The van der Waals surface area contributed by atoms with Crippen LogP contribution in [0, 0.1) is 0 Å². The van der Waals surface area contributed by atoms with Gasteiger partial charge in [-0.3, -0.25) is 0 Å². The number of hydrogen-bond acceptors (Lipinski definition) is 3. The van der Waals surface area contributed by atoms with Crippen molar-refractivity contribution in [2.75, 3.05) is 25.2 Å². The van der Waals surface area contributed by atoms with E-state index in [2.05, 4.69) is 10.6 Å². The fourth-order valence-corrected chi connectivity index (χ4v) is 3.44. The van der Waals surface area contributed by atoms with Gasteiger partial charge in [-0.15, -0.1) is 0 Å². The Morgan fingerprint density at radius 3 is 2.79 bits per heavy atom. The molecule has 1 atom stereocenters. The molecule has 0 spiro atoms. The molecular formula is C14H20N2O2S. The number of hydrogen-bond donors (Lipinski definition) is 2. The maximum absolute atomic E-state index is 11.7. The van der Waals surface area contributed by atoms with E-state index in [4.69, 9.17) is 4.74 Å². The molecule has 1 aromatic rings. The van der Waals surface area contributed by atoms with E-state index in [-0.39, 0.29) is 11.6 Å². The maximum atomic E-state index is 11.7. The minimum atomic E-state index is -0.186. The van der Waals surface area contributed by atoms with Crippen LogP contribution in [-0.2, 0) is 11.3 Å². The van der Waals surface area contributed by atoms with E-state index in [1.54, 1.807) is 7.11 Å². The van der Waals surface area contributed by atoms with E-state index in [0.717, 1.165) is 23.5 Å². The van der Waals surface area contributed by atoms with Crippen molar-refractivity contribution in [3.63, 3.8) is 0 Å². The molecule has 19 heavy (non-hydrogen) atoms. The summed E-state index contributed by atoms with van der Waals surface area (Å²) in [5.41, 5.74) is 0.907. The van der Waals surface area contributed by atoms with Crippen molar-refractivity contribution in [2.45, 2.75) is 18.6 Å². The zero-order valence-electron chi connectivity index (χ0n) is 11.1. The molecule has 1 aromatic carbocycles. The van der Waals surface area contributed by atoms with Crippen LogP contribution in [0.1, 0.15) is 12.0 Å². The Hall–Kier alpha value is -1.20. The van der Waals surface area contributed by atoms with Crippen molar-refractivity contribution in [3.05, 3.63) is 35.9 Å². The van der Waals surface area contributed by atoms with Crippen LogP contribution in [0.2, 0.25) is 0 Å². The van der Waals surface area contributed by atoms with Crippen molar-refractivity contribution in [3.8, 4) is 0 Å². The SMILES string of the molecule is CO[C@]1(CNC(=O)NCc2ccccc2)CCSC1. The number of ether oxygens (including phenoxy) is 1. The summed E-state index contributed by atoms with van der Waals surface area (Å²) in [7, 11) is 1.72. The summed E-state index contributed by atoms with van der Waals surface area (Å²) in [6.45, 7) is 1.11. The molecule has 1 heterocycles. The Kier molecular flexibility index (Phi) is 5.10. The van der Waals surface area contributed by atoms with Crippen LogP contribution in [0.4, 0.5) is 4.79 Å². The van der Waals surface area contributed by atoms with Gasteiger partial charge in [0, 0.05) is 26.0 Å². The summed E-state index contributed by atoms with van der Waals surface area (Å²) in [6, 6.07) is 9.73. The summed E-state index contributed by atoms with van der Waals surface area (Å²) in [4.78, 5) is 11.7. The number of urea groups is 1. The van der Waals surface area contributed by atoms with Crippen LogP contribution >= 0.6 is 11.8 Å². The van der Waals surface area contributed by atoms with Gasteiger partial charge in [0.1, 0.15) is 0 Å². The first-order valence-corrected chi connectivity index (χ1v) is 7.58. The minimum Gasteiger partial charge on any atom is -0.376 e. The van der Waals surface area contributed by atoms with Crippen LogP contribution in [0.5, 0.6) is 0 Å². The summed E-state index contributed by atoms with van der Waals surface area (Å²) < 4.78 is 5.55. The molecule has 1 aliphatic heterocycles. The Labute approximate surface area is 118 Å². The second-order valence-electron chi connectivity index (χ2n) is 4.71. The molecule has 1 saturated heterocycles. The summed E-state index contributed by atoms with van der Waals surface area (Å²) in [5.74, 6) is 2.05. The quantitative estimate of drug-likeness (QED) is 0.867. The van der Waals surface area contributed by atoms with Gasteiger partial charge in [-0.2, -0.15) is 11.8 Å². The molecule has 1 aliphatic rings. The van der Waals surface area contributed by atoms with Crippen molar-refractivity contribution in [1.82, 2.24) is 10.6 Å². The lowest BCUT2D eigenvalue weighted by atomic mass is 10.0. The van der Waals surface area contributed by atoms with Gasteiger partial charge >= 0.3 is 6.03 Å². The number of amides is 2. The normalized spacial score (nSPS) is 22.2. The molecule has 4 nitrogen and oxygen atoms in total. The van der Waals surface area contributed by atoms with E-state index in [9.17, 15) is 4.79 Å². The third-order valence-corrected chi connectivity index (χ3v) is 4.59. The van der Waals surface area contributed by atoms with E-state index < -0.39 is 0 Å². The second kappa shape index (κ2) is 6.82. The van der Waals surface area contributed by atoms with Gasteiger partial charge in [-0.25, -0.2) is 4.79 Å². The Morgan fingerprint density at radius 2 is 2.16 bits per heavy atom. The third-order valence-electron chi connectivity index (χ3n) is 3.37. The Bertz CT molecular complexity index is 405. The molecule has 1 fully saturated rings. The fourth-order valence-electron chi connectivity index (χ4n) is 2.04. The highest BCUT2D eigenvalue weighted by molar-refractivity contribution is 7.99. The summed E-state index contributed by atoms with van der Waals surface area (Å²) in [5, 5.41) is 5.75. The van der Waals surface area contributed by atoms with Crippen LogP contribution in [-0.4, -0.2) is 36.8 Å². The van der Waals surface area contributed by atoms with Crippen LogP contribution in [0.3, 0.4) is 0 Å². The van der Waals surface area contributed by atoms with Gasteiger partial charge in [-0.1, -0.05) is 30.3 Å². The first kappa shape index (κ1) is 14.2. The largest absolute Gasteiger partial charge is 0.376 e. The molecule has 0 aromatic heterocycles. The molecular weight excluding hydrogens is 260 g/mol. The van der Waals surface area contributed by atoms with Gasteiger partial charge < -0.3 is 15.4 Å². The lowest BCUT2D eigenvalue weighted by molar-refractivity contribution is 0.0157. The highest BCUT2D eigenvalue weighted by atomic mass is 32.2. The fraction of sp³-hybridized carbons (Fsp3) is 0.500. The monoisotopic (exact) mass is 280 g/mol. The van der Waals surface area contributed by atoms with Crippen LogP contribution in [0.25, 0.3) is 0 Å². The number of carbonyl (C=O) groups is 1. The number of thioether (sulfide) groups is 1. The summed E-state index contributed by atoms with van der Waals surface area (Å²) in [6.07, 6.45) is 0.993. The number of benzene rings is 1. The Balaban J connectivity index is 1.72. The Morgan fingerprint density at radius 1 is 1.37 bits per heavy atom. The molecule has 5 heteroatoms. The molecule has 2 rings (SSSR count). The van der Waals surface area contributed by atoms with Crippen molar-refractivity contribution < 1.29 is 9.53 Å². The number of rotatable bonds is 5. The third kappa shape index (κ3) is 4.14. The average molecular weight is 280 g/mol. The predicted octanol–water partition coefficient (Wildman–Crippen LogP) is 2.01. The molecule has 0 saturated carbocycles. The number of carbonyl (C=O) groups excluding carboxylic acids is 1. The lowest BCUT2D eigenvalue weighted by Crippen LogP contribution is -2.47. The number of methoxy groups -OCH3 is 1. The lowest BCUT2D eigenvalue weighted by Gasteiger charge is -2.26. The predicted molar refractivity (Wildman–Crippen MR) is 78.4 cm³/mol. The zero-order valence-corrected chi connectivity index (χ0v) is 12.0. The van der Waals surface area contributed by atoms with E-state index in [1.807, 2.05) is 42.1 Å². The first-order chi connectivity index (χ1) is 9.24.